The molecule has 0 aliphatic rings. The van der Waals surface area contributed by atoms with Crippen molar-refractivity contribution >= 4 is 17.7 Å². The van der Waals surface area contributed by atoms with Gasteiger partial charge in [-0.25, -0.2) is 9.78 Å². The van der Waals surface area contributed by atoms with Crippen LogP contribution in [-0.2, 0) is 0 Å². The molecular weight excluding hydrogens is 302 g/mol. The molecule has 1 N–H and O–H groups in total. The molecule has 3 aromatic rings. The molecule has 0 unspecified atom stereocenters. The molecule has 2 heterocycles. The lowest BCUT2D eigenvalue weighted by Gasteiger charge is -1.99. The number of aromatic carboxylic acids is 1. The average Bonchev–Trinajstić information content (AvgIpc) is 3.04. The first kappa shape index (κ1) is 14.3. The Labute approximate surface area is 130 Å². The fraction of sp³-hybridized carbons (Fsp3) is 0.0667. The summed E-state index contributed by atoms with van der Waals surface area (Å²) in [6.07, 6.45) is 3.61. The van der Waals surface area contributed by atoms with Crippen molar-refractivity contribution in [1.29, 1.82) is 0 Å². The largest absolute Gasteiger partial charge is 0.478 e. The third-order valence-electron chi connectivity index (χ3n) is 2.99. The van der Waals surface area contributed by atoms with Gasteiger partial charge in [-0.3, -0.25) is 0 Å². The zero-order chi connectivity index (χ0) is 15.5. The molecule has 6 nitrogen and oxygen atoms in total. The molecule has 3 rings (SSSR count). The minimum absolute atomic E-state index is 0.176. The van der Waals surface area contributed by atoms with Crippen molar-refractivity contribution in [2.45, 2.75) is 5.03 Å². The van der Waals surface area contributed by atoms with Crippen LogP contribution >= 0.6 is 11.8 Å². The van der Waals surface area contributed by atoms with E-state index in [4.69, 9.17) is 9.63 Å². The Morgan fingerprint density at radius 3 is 2.91 bits per heavy atom. The Bertz CT molecular complexity index is 832. The van der Waals surface area contributed by atoms with Gasteiger partial charge >= 0.3 is 5.97 Å². The summed E-state index contributed by atoms with van der Waals surface area (Å²) in [4.78, 5) is 19.6. The lowest BCUT2D eigenvalue weighted by molar-refractivity contribution is 0.0697. The SMILES string of the molecule is CSc1ncccc1-c1nc(-c2cccc(C(=O)O)c2)no1. The number of carboxylic acids is 1. The smallest absolute Gasteiger partial charge is 0.335 e. The molecule has 7 heteroatoms. The highest BCUT2D eigenvalue weighted by molar-refractivity contribution is 7.98. The Hall–Kier alpha value is -2.67. The van der Waals surface area contributed by atoms with Gasteiger partial charge in [-0.2, -0.15) is 4.98 Å². The van der Waals surface area contributed by atoms with Crippen molar-refractivity contribution < 1.29 is 14.4 Å². The van der Waals surface area contributed by atoms with Gasteiger partial charge in [0.1, 0.15) is 5.03 Å². The maximum Gasteiger partial charge on any atom is 0.335 e. The van der Waals surface area contributed by atoms with Crippen LogP contribution in [0.25, 0.3) is 22.8 Å². The lowest BCUT2D eigenvalue weighted by Crippen LogP contribution is -1.96. The van der Waals surface area contributed by atoms with E-state index in [-0.39, 0.29) is 5.56 Å². The number of pyridine rings is 1. The monoisotopic (exact) mass is 313 g/mol. The van der Waals surface area contributed by atoms with Gasteiger partial charge in [-0.05, 0) is 30.5 Å². The van der Waals surface area contributed by atoms with Crippen molar-refractivity contribution in [2.75, 3.05) is 6.26 Å². The second-order valence-electron chi connectivity index (χ2n) is 4.37. The van der Waals surface area contributed by atoms with E-state index in [1.54, 1.807) is 24.4 Å². The van der Waals surface area contributed by atoms with E-state index in [0.29, 0.717) is 17.3 Å². The highest BCUT2D eigenvalue weighted by Crippen LogP contribution is 2.28. The zero-order valence-corrected chi connectivity index (χ0v) is 12.4. The number of nitrogens with zero attached hydrogens (tertiary/aromatic N) is 3. The molecule has 0 saturated heterocycles. The molecular formula is C15H11N3O3S. The van der Waals surface area contributed by atoms with Gasteiger partial charge < -0.3 is 9.63 Å². The fourth-order valence-electron chi connectivity index (χ4n) is 1.96. The van der Waals surface area contributed by atoms with Crippen molar-refractivity contribution in [3.05, 3.63) is 48.2 Å². The van der Waals surface area contributed by atoms with E-state index in [0.717, 1.165) is 10.6 Å². The van der Waals surface area contributed by atoms with Gasteiger partial charge in [-0.1, -0.05) is 17.3 Å². The second kappa shape index (κ2) is 5.98. The number of aromatic nitrogens is 3. The summed E-state index contributed by atoms with van der Waals surface area (Å²) in [6.45, 7) is 0. The van der Waals surface area contributed by atoms with Crippen LogP contribution in [0.3, 0.4) is 0 Å². The van der Waals surface area contributed by atoms with Crippen LogP contribution in [0.4, 0.5) is 0 Å². The normalized spacial score (nSPS) is 10.6. The number of benzene rings is 1. The quantitative estimate of drug-likeness (QED) is 0.740. The Balaban J connectivity index is 2.01. The number of carbonyl (C=O) groups is 1. The predicted octanol–water partition coefficient (Wildman–Crippen LogP) is 3.22. The molecule has 22 heavy (non-hydrogen) atoms. The molecule has 0 fully saturated rings. The standard InChI is InChI=1S/C15H11N3O3S/c1-22-14-11(6-3-7-16-14)13-17-12(18-21-13)9-4-2-5-10(8-9)15(19)20/h2-8H,1H3,(H,19,20). The summed E-state index contributed by atoms with van der Waals surface area (Å²) >= 11 is 1.49. The molecule has 0 atom stereocenters. The summed E-state index contributed by atoms with van der Waals surface area (Å²) in [6, 6.07) is 10.1. The first-order valence-corrected chi connectivity index (χ1v) is 7.58. The number of hydrogen-bond acceptors (Lipinski definition) is 6. The zero-order valence-electron chi connectivity index (χ0n) is 11.6. The number of rotatable bonds is 4. The molecule has 2 aromatic heterocycles. The first-order valence-electron chi connectivity index (χ1n) is 6.36. The van der Waals surface area contributed by atoms with Crippen LogP contribution in [0.1, 0.15) is 10.4 Å². The highest BCUT2D eigenvalue weighted by atomic mass is 32.2. The molecule has 0 aliphatic heterocycles. The van der Waals surface area contributed by atoms with Gasteiger partial charge in [0.15, 0.2) is 0 Å². The van der Waals surface area contributed by atoms with E-state index >= 15 is 0 Å². The third-order valence-corrected chi connectivity index (χ3v) is 3.70. The van der Waals surface area contributed by atoms with Crippen LogP contribution in [0.5, 0.6) is 0 Å². The molecule has 1 aromatic carbocycles. The van der Waals surface area contributed by atoms with E-state index in [9.17, 15) is 4.79 Å². The number of hydrogen-bond donors (Lipinski definition) is 1. The van der Waals surface area contributed by atoms with E-state index < -0.39 is 5.97 Å². The molecule has 0 amide bonds. The summed E-state index contributed by atoms with van der Waals surface area (Å²) in [7, 11) is 0. The predicted molar refractivity (Wildman–Crippen MR) is 81.7 cm³/mol. The summed E-state index contributed by atoms with van der Waals surface area (Å²) in [5, 5.41) is 13.7. The van der Waals surface area contributed by atoms with E-state index in [1.165, 1.54) is 23.9 Å². The minimum atomic E-state index is -0.998. The maximum absolute atomic E-state index is 11.0. The molecule has 0 saturated carbocycles. The topological polar surface area (TPSA) is 89.1 Å². The van der Waals surface area contributed by atoms with E-state index in [1.807, 2.05) is 12.3 Å². The van der Waals surface area contributed by atoms with Crippen LogP contribution in [0.2, 0.25) is 0 Å². The lowest BCUT2D eigenvalue weighted by atomic mass is 10.1. The molecule has 0 bridgehead atoms. The van der Waals surface area contributed by atoms with Crippen LogP contribution in [-0.4, -0.2) is 32.5 Å². The third kappa shape index (κ3) is 2.71. The average molecular weight is 313 g/mol. The summed E-state index contributed by atoms with van der Waals surface area (Å²) < 4.78 is 5.29. The molecule has 0 aliphatic carbocycles. The maximum atomic E-state index is 11.0. The summed E-state index contributed by atoms with van der Waals surface area (Å²) in [5.41, 5.74) is 1.52. The van der Waals surface area contributed by atoms with Crippen molar-refractivity contribution in [3.8, 4) is 22.8 Å². The second-order valence-corrected chi connectivity index (χ2v) is 5.16. The van der Waals surface area contributed by atoms with E-state index in [2.05, 4.69) is 15.1 Å². The van der Waals surface area contributed by atoms with Gasteiger partial charge in [-0.15, -0.1) is 11.8 Å². The Kier molecular flexibility index (Phi) is 3.88. The number of thioether (sulfide) groups is 1. The van der Waals surface area contributed by atoms with Gasteiger partial charge in [0.2, 0.25) is 5.82 Å². The molecule has 0 radical (unpaired) electrons. The Morgan fingerprint density at radius 2 is 2.14 bits per heavy atom. The summed E-state index contributed by atoms with van der Waals surface area (Å²) in [5.74, 6) is -0.301. The molecule has 0 spiro atoms. The fourth-order valence-corrected chi connectivity index (χ4v) is 2.50. The number of carboxylic acid groups (broad SMARTS) is 1. The van der Waals surface area contributed by atoms with Crippen LogP contribution in [0.15, 0.2) is 52.1 Å². The van der Waals surface area contributed by atoms with Crippen LogP contribution in [0, 0.1) is 0 Å². The first-order chi connectivity index (χ1) is 10.7. The Morgan fingerprint density at radius 1 is 1.27 bits per heavy atom. The van der Waals surface area contributed by atoms with Crippen molar-refractivity contribution in [3.63, 3.8) is 0 Å². The highest BCUT2D eigenvalue weighted by Gasteiger charge is 2.15. The van der Waals surface area contributed by atoms with Crippen molar-refractivity contribution in [2.24, 2.45) is 0 Å². The van der Waals surface area contributed by atoms with Crippen molar-refractivity contribution in [1.82, 2.24) is 15.1 Å². The van der Waals surface area contributed by atoms with Gasteiger partial charge in [0.25, 0.3) is 5.89 Å². The molecule has 110 valence electrons. The minimum Gasteiger partial charge on any atom is -0.478 e. The van der Waals surface area contributed by atoms with Gasteiger partial charge in [0.05, 0.1) is 11.1 Å². The van der Waals surface area contributed by atoms with Gasteiger partial charge in [0, 0.05) is 11.8 Å². The van der Waals surface area contributed by atoms with Crippen LogP contribution < -0.4 is 0 Å².